The molecule has 0 heterocycles. The summed E-state index contributed by atoms with van der Waals surface area (Å²) in [7, 11) is 0. The van der Waals surface area contributed by atoms with E-state index in [2.05, 4.69) is 10.6 Å². The van der Waals surface area contributed by atoms with Gasteiger partial charge in [0.15, 0.2) is 0 Å². The average molecular weight is 297 g/mol. The molecular weight excluding hydrogens is 288 g/mol. The molecule has 0 atom stereocenters. The lowest BCUT2D eigenvalue weighted by Gasteiger charge is -2.13. The molecule has 92 valence electrons. The van der Waals surface area contributed by atoms with Crippen molar-refractivity contribution in [2.24, 2.45) is 5.29 Å². The zero-order chi connectivity index (χ0) is 12.8. The molecule has 0 aromatic heterocycles. The second-order valence-electron chi connectivity index (χ2n) is 2.98. The Morgan fingerprint density at radius 2 is 1.88 bits per heavy atom. The summed E-state index contributed by atoms with van der Waals surface area (Å²) in [6.07, 6.45) is 0. The topological polar surface area (TPSA) is 61.8 Å². The van der Waals surface area contributed by atoms with Crippen molar-refractivity contribution in [3.8, 4) is 0 Å². The van der Waals surface area contributed by atoms with Crippen LogP contribution in [0.25, 0.3) is 0 Å². The van der Waals surface area contributed by atoms with Crippen molar-refractivity contribution in [2.75, 3.05) is 17.7 Å². The van der Waals surface area contributed by atoms with Crippen LogP contribution >= 0.6 is 34.8 Å². The predicted molar refractivity (Wildman–Crippen MR) is 68.7 cm³/mol. The van der Waals surface area contributed by atoms with Crippen molar-refractivity contribution in [1.82, 2.24) is 5.01 Å². The second kappa shape index (κ2) is 6.64. The summed E-state index contributed by atoms with van der Waals surface area (Å²) in [4.78, 5) is 21.9. The van der Waals surface area contributed by atoms with E-state index in [-0.39, 0.29) is 12.4 Å². The van der Waals surface area contributed by atoms with Gasteiger partial charge in [-0.25, -0.2) is 4.79 Å². The zero-order valence-electron chi connectivity index (χ0n) is 8.49. The fourth-order valence-corrected chi connectivity index (χ4v) is 1.76. The summed E-state index contributed by atoms with van der Waals surface area (Å²) in [6.45, 7) is 0.0190. The van der Waals surface area contributed by atoms with Crippen molar-refractivity contribution in [2.45, 2.75) is 0 Å². The minimum Gasteiger partial charge on any atom is -0.306 e. The molecule has 0 bridgehead atoms. The van der Waals surface area contributed by atoms with Crippen LogP contribution in [0.3, 0.4) is 0 Å². The van der Waals surface area contributed by atoms with E-state index in [9.17, 15) is 9.70 Å². The van der Waals surface area contributed by atoms with Gasteiger partial charge in [0.1, 0.15) is 0 Å². The van der Waals surface area contributed by atoms with E-state index in [1.54, 1.807) is 0 Å². The van der Waals surface area contributed by atoms with Gasteiger partial charge in [0.2, 0.25) is 0 Å². The number of nitroso groups, excluding NO2 is 1. The Bertz CT molecular complexity index is 408. The van der Waals surface area contributed by atoms with Gasteiger partial charge in [-0.15, -0.1) is 16.5 Å². The van der Waals surface area contributed by atoms with E-state index in [0.29, 0.717) is 20.7 Å². The van der Waals surface area contributed by atoms with Gasteiger partial charge in [0.25, 0.3) is 0 Å². The van der Waals surface area contributed by atoms with Crippen LogP contribution < -0.4 is 5.32 Å². The minimum absolute atomic E-state index is 0.0190. The molecule has 0 unspecified atom stereocenters. The Labute approximate surface area is 113 Å². The van der Waals surface area contributed by atoms with Gasteiger partial charge in [-0.1, -0.05) is 23.2 Å². The maximum Gasteiger partial charge on any atom is 0.344 e. The summed E-state index contributed by atoms with van der Waals surface area (Å²) in [5.74, 6) is 0.107. The van der Waals surface area contributed by atoms with Crippen molar-refractivity contribution < 1.29 is 4.79 Å². The molecule has 17 heavy (non-hydrogen) atoms. The third-order valence-corrected chi connectivity index (χ3v) is 2.35. The third kappa shape index (κ3) is 4.38. The molecule has 0 aliphatic rings. The number of amides is 2. The molecule has 1 aromatic rings. The monoisotopic (exact) mass is 295 g/mol. The Morgan fingerprint density at radius 3 is 2.35 bits per heavy atom. The largest absolute Gasteiger partial charge is 0.344 e. The number of halogens is 3. The maximum atomic E-state index is 11.5. The van der Waals surface area contributed by atoms with Gasteiger partial charge in [-0.05, 0) is 18.2 Å². The summed E-state index contributed by atoms with van der Waals surface area (Å²) in [5.41, 5.74) is 0.371. The normalized spacial score (nSPS) is 9.82. The number of hydrogen-bond donors (Lipinski definition) is 1. The summed E-state index contributed by atoms with van der Waals surface area (Å²) in [5, 5.41) is 6.38. The Morgan fingerprint density at radius 1 is 1.29 bits per heavy atom. The lowest BCUT2D eigenvalue weighted by atomic mass is 10.3. The molecule has 0 spiro atoms. The van der Waals surface area contributed by atoms with Crippen LogP contribution in [0.4, 0.5) is 10.5 Å². The highest BCUT2D eigenvalue weighted by Gasteiger charge is 2.13. The summed E-state index contributed by atoms with van der Waals surface area (Å²) in [6, 6.07) is 3.82. The molecule has 0 saturated carbocycles. The molecular formula is C9H8Cl3N3O2. The van der Waals surface area contributed by atoms with Gasteiger partial charge in [0, 0.05) is 21.6 Å². The van der Waals surface area contributed by atoms with Gasteiger partial charge < -0.3 is 5.32 Å². The Hall–Kier alpha value is -1.04. The van der Waals surface area contributed by atoms with Crippen LogP contribution in [-0.4, -0.2) is 23.5 Å². The first-order valence-corrected chi connectivity index (χ1v) is 5.79. The maximum absolute atomic E-state index is 11.5. The van der Waals surface area contributed by atoms with Crippen LogP contribution in [-0.2, 0) is 0 Å². The van der Waals surface area contributed by atoms with Crippen LogP contribution in [0, 0.1) is 4.91 Å². The van der Waals surface area contributed by atoms with Crippen LogP contribution in [0.5, 0.6) is 0 Å². The van der Waals surface area contributed by atoms with E-state index in [4.69, 9.17) is 34.8 Å². The van der Waals surface area contributed by atoms with Crippen molar-refractivity contribution in [3.05, 3.63) is 33.2 Å². The summed E-state index contributed by atoms with van der Waals surface area (Å²) >= 11 is 16.9. The van der Waals surface area contributed by atoms with Crippen molar-refractivity contribution in [1.29, 1.82) is 0 Å². The quantitative estimate of drug-likeness (QED) is 0.522. The number of carbonyl (C=O) groups excluding carboxylic acids is 1. The highest BCUT2D eigenvalue weighted by molar-refractivity contribution is 6.35. The number of rotatable bonds is 4. The van der Waals surface area contributed by atoms with Gasteiger partial charge in [0.05, 0.1) is 11.8 Å². The number of nitrogens with zero attached hydrogens (tertiary/aromatic N) is 2. The highest BCUT2D eigenvalue weighted by Crippen LogP contribution is 2.22. The van der Waals surface area contributed by atoms with Gasteiger partial charge in [-0.2, -0.15) is 5.01 Å². The zero-order valence-corrected chi connectivity index (χ0v) is 10.8. The number of hydrogen-bond acceptors (Lipinski definition) is 3. The predicted octanol–water partition coefficient (Wildman–Crippen LogP) is 3.75. The Kier molecular flexibility index (Phi) is 5.47. The minimum atomic E-state index is -0.695. The molecule has 0 saturated heterocycles. The number of benzene rings is 1. The molecule has 0 aliphatic heterocycles. The first-order valence-electron chi connectivity index (χ1n) is 4.50. The fraction of sp³-hybridized carbons (Fsp3) is 0.222. The average Bonchev–Trinajstić information content (AvgIpc) is 2.24. The lowest BCUT2D eigenvalue weighted by molar-refractivity contribution is 0.216. The lowest BCUT2D eigenvalue weighted by Crippen LogP contribution is -2.31. The number of alkyl halides is 1. The van der Waals surface area contributed by atoms with Gasteiger partial charge in [-0.3, -0.25) is 0 Å². The molecule has 1 aromatic carbocycles. The Balaban J connectivity index is 2.76. The van der Waals surface area contributed by atoms with E-state index in [0.717, 1.165) is 0 Å². The molecule has 0 fully saturated rings. The van der Waals surface area contributed by atoms with Crippen LogP contribution in [0.1, 0.15) is 0 Å². The number of nitrogens with one attached hydrogen (secondary N) is 1. The molecule has 2 amide bonds. The second-order valence-corrected chi connectivity index (χ2v) is 4.23. The first-order chi connectivity index (χ1) is 8.06. The number of urea groups is 1. The molecule has 1 rings (SSSR count). The van der Waals surface area contributed by atoms with Crippen LogP contribution in [0.2, 0.25) is 10.0 Å². The fourth-order valence-electron chi connectivity index (χ4n) is 1.07. The van der Waals surface area contributed by atoms with E-state index in [1.807, 2.05) is 0 Å². The SMILES string of the molecule is O=NN(CCCl)C(=O)Nc1cc(Cl)cc(Cl)c1. The molecule has 0 aliphatic carbocycles. The molecule has 1 N–H and O–H groups in total. The smallest absolute Gasteiger partial charge is 0.306 e. The van der Waals surface area contributed by atoms with Gasteiger partial charge >= 0.3 is 6.03 Å². The third-order valence-electron chi connectivity index (χ3n) is 1.74. The van der Waals surface area contributed by atoms with Crippen molar-refractivity contribution in [3.63, 3.8) is 0 Å². The van der Waals surface area contributed by atoms with Crippen molar-refractivity contribution >= 4 is 46.5 Å². The highest BCUT2D eigenvalue weighted by atomic mass is 35.5. The van der Waals surface area contributed by atoms with E-state index in [1.165, 1.54) is 18.2 Å². The van der Waals surface area contributed by atoms with E-state index >= 15 is 0 Å². The first kappa shape index (κ1) is 14.0. The number of carbonyl (C=O) groups is 1. The molecule has 8 heteroatoms. The van der Waals surface area contributed by atoms with E-state index < -0.39 is 6.03 Å². The molecule has 0 radical (unpaired) electrons. The molecule has 5 nitrogen and oxygen atoms in total. The summed E-state index contributed by atoms with van der Waals surface area (Å²) < 4.78 is 0. The number of anilines is 1. The van der Waals surface area contributed by atoms with Crippen LogP contribution in [0.15, 0.2) is 23.5 Å². The standard InChI is InChI=1S/C9H8Cl3N3O2/c10-1-2-15(14-17)9(16)13-8-4-6(11)3-7(12)5-8/h3-5H,1-2H2,(H,13,16).